The molecule has 0 aromatic rings. The maximum absolute atomic E-state index is 9.77. The standard InChI is InChI=1S/C4H9N.C4H6O6/c1-2-4-5-3-1;5-1(3(7)8)2(6)4(9)10/h5H,1-4H2;1-2,5-6H,(H,7,8)(H,9,10)/t;1-,2-/m.1/s1. The normalized spacial score (nSPS) is 18.5. The SMILES string of the molecule is C1CCNC1.O=C(O)[C@H](O)[C@@H](O)C(=O)O. The lowest BCUT2D eigenvalue weighted by Gasteiger charge is -2.07. The Bertz CT molecular complexity index is 190. The van der Waals surface area contributed by atoms with Crippen LogP contribution >= 0.6 is 0 Å². The highest BCUT2D eigenvalue weighted by Crippen LogP contribution is 1.92. The van der Waals surface area contributed by atoms with E-state index in [1.165, 1.54) is 25.9 Å². The second-order valence-electron chi connectivity index (χ2n) is 3.02. The Labute approximate surface area is 86.3 Å². The number of carbonyl (C=O) groups is 2. The molecular formula is C8H15NO6. The largest absolute Gasteiger partial charge is 0.479 e. The first-order valence-electron chi connectivity index (χ1n) is 4.49. The Kier molecular flexibility index (Phi) is 6.59. The van der Waals surface area contributed by atoms with Crippen molar-refractivity contribution < 1.29 is 30.0 Å². The molecule has 1 saturated heterocycles. The summed E-state index contributed by atoms with van der Waals surface area (Å²) in [5.41, 5.74) is 0. The number of hydrogen-bond acceptors (Lipinski definition) is 5. The summed E-state index contributed by atoms with van der Waals surface area (Å²) in [5, 5.41) is 35.7. The van der Waals surface area contributed by atoms with Gasteiger partial charge in [-0.3, -0.25) is 0 Å². The predicted octanol–water partition coefficient (Wildman–Crippen LogP) is -1.75. The molecule has 0 radical (unpaired) electrons. The van der Waals surface area contributed by atoms with Gasteiger partial charge in [-0.25, -0.2) is 9.59 Å². The van der Waals surface area contributed by atoms with Gasteiger partial charge in [0.15, 0.2) is 12.2 Å². The van der Waals surface area contributed by atoms with E-state index in [2.05, 4.69) is 5.32 Å². The fraction of sp³-hybridized carbons (Fsp3) is 0.750. The summed E-state index contributed by atoms with van der Waals surface area (Å²) in [7, 11) is 0. The smallest absolute Gasteiger partial charge is 0.335 e. The average molecular weight is 221 g/mol. The van der Waals surface area contributed by atoms with E-state index in [0.717, 1.165) is 0 Å². The van der Waals surface area contributed by atoms with Crippen LogP contribution in [-0.2, 0) is 9.59 Å². The molecule has 15 heavy (non-hydrogen) atoms. The molecule has 0 aromatic heterocycles. The highest BCUT2D eigenvalue weighted by molar-refractivity contribution is 5.83. The number of aliphatic hydroxyl groups excluding tert-OH is 2. The van der Waals surface area contributed by atoms with E-state index in [9.17, 15) is 9.59 Å². The minimum Gasteiger partial charge on any atom is -0.479 e. The van der Waals surface area contributed by atoms with E-state index in [-0.39, 0.29) is 0 Å². The molecule has 0 unspecified atom stereocenters. The summed E-state index contributed by atoms with van der Waals surface area (Å²) in [6, 6.07) is 0. The van der Waals surface area contributed by atoms with Gasteiger partial charge in [0, 0.05) is 0 Å². The molecule has 1 heterocycles. The van der Waals surface area contributed by atoms with Crippen LogP contribution in [0.1, 0.15) is 12.8 Å². The first-order chi connectivity index (χ1) is 6.96. The molecule has 1 fully saturated rings. The maximum atomic E-state index is 9.77. The van der Waals surface area contributed by atoms with Crippen molar-refractivity contribution in [3.8, 4) is 0 Å². The van der Waals surface area contributed by atoms with Crippen LogP contribution < -0.4 is 5.32 Å². The lowest BCUT2D eigenvalue weighted by atomic mass is 10.2. The molecular weight excluding hydrogens is 206 g/mol. The van der Waals surface area contributed by atoms with Crippen molar-refractivity contribution in [3.63, 3.8) is 0 Å². The van der Waals surface area contributed by atoms with E-state index in [0.29, 0.717) is 0 Å². The summed E-state index contributed by atoms with van der Waals surface area (Å²) in [5.74, 6) is -3.54. The zero-order valence-corrected chi connectivity index (χ0v) is 8.09. The molecule has 1 rings (SSSR count). The van der Waals surface area contributed by atoms with Gasteiger partial charge in [-0.1, -0.05) is 0 Å². The van der Waals surface area contributed by atoms with Gasteiger partial charge in [0.05, 0.1) is 0 Å². The summed E-state index contributed by atoms with van der Waals surface area (Å²) in [6.07, 6.45) is -1.75. The summed E-state index contributed by atoms with van der Waals surface area (Å²) in [4.78, 5) is 19.5. The molecule has 0 saturated carbocycles. The van der Waals surface area contributed by atoms with Gasteiger partial charge in [-0.05, 0) is 25.9 Å². The number of carboxylic acid groups (broad SMARTS) is 2. The number of hydrogen-bond donors (Lipinski definition) is 5. The maximum Gasteiger partial charge on any atom is 0.335 e. The van der Waals surface area contributed by atoms with Gasteiger partial charge in [0.1, 0.15) is 0 Å². The minimum atomic E-state index is -2.27. The van der Waals surface area contributed by atoms with E-state index in [1.807, 2.05) is 0 Å². The van der Waals surface area contributed by atoms with E-state index >= 15 is 0 Å². The Hall–Kier alpha value is -1.18. The number of rotatable bonds is 3. The molecule has 88 valence electrons. The zero-order chi connectivity index (χ0) is 11.8. The van der Waals surface area contributed by atoms with Crippen molar-refractivity contribution in [3.05, 3.63) is 0 Å². The number of carboxylic acids is 2. The minimum absolute atomic E-state index is 1.25. The highest BCUT2D eigenvalue weighted by atomic mass is 16.4. The monoisotopic (exact) mass is 221 g/mol. The van der Waals surface area contributed by atoms with Crippen molar-refractivity contribution in [2.24, 2.45) is 0 Å². The third-order valence-corrected chi connectivity index (χ3v) is 1.76. The Morgan fingerprint density at radius 2 is 1.27 bits per heavy atom. The van der Waals surface area contributed by atoms with Gasteiger partial charge in [0.2, 0.25) is 0 Å². The number of aliphatic hydroxyl groups is 2. The van der Waals surface area contributed by atoms with E-state index in [4.69, 9.17) is 20.4 Å². The Balaban J connectivity index is 0.000000322. The predicted molar refractivity (Wildman–Crippen MR) is 49.4 cm³/mol. The van der Waals surface area contributed by atoms with Crippen molar-refractivity contribution in [2.75, 3.05) is 13.1 Å². The summed E-state index contributed by atoms with van der Waals surface area (Å²) >= 11 is 0. The van der Waals surface area contributed by atoms with Crippen LogP contribution in [0.25, 0.3) is 0 Å². The van der Waals surface area contributed by atoms with Crippen LogP contribution in [0.3, 0.4) is 0 Å². The molecule has 0 aliphatic carbocycles. The lowest BCUT2D eigenvalue weighted by molar-refractivity contribution is -0.165. The van der Waals surface area contributed by atoms with Gasteiger partial charge in [-0.2, -0.15) is 0 Å². The first-order valence-corrected chi connectivity index (χ1v) is 4.49. The quantitative estimate of drug-likeness (QED) is 0.382. The molecule has 2 atom stereocenters. The second kappa shape index (κ2) is 7.16. The van der Waals surface area contributed by atoms with Gasteiger partial charge >= 0.3 is 11.9 Å². The number of nitrogens with one attached hydrogen (secondary N) is 1. The zero-order valence-electron chi connectivity index (χ0n) is 8.09. The van der Waals surface area contributed by atoms with Crippen molar-refractivity contribution >= 4 is 11.9 Å². The van der Waals surface area contributed by atoms with Gasteiger partial charge < -0.3 is 25.7 Å². The Morgan fingerprint density at radius 1 is 0.933 bits per heavy atom. The van der Waals surface area contributed by atoms with Crippen LogP contribution in [0.5, 0.6) is 0 Å². The van der Waals surface area contributed by atoms with E-state index < -0.39 is 24.1 Å². The van der Waals surface area contributed by atoms with Crippen LogP contribution in [0.15, 0.2) is 0 Å². The third-order valence-electron chi connectivity index (χ3n) is 1.76. The highest BCUT2D eigenvalue weighted by Gasteiger charge is 2.29. The molecule has 0 aromatic carbocycles. The molecule has 1 aliphatic rings. The molecule has 7 nitrogen and oxygen atoms in total. The molecule has 1 aliphatic heterocycles. The van der Waals surface area contributed by atoms with Gasteiger partial charge in [-0.15, -0.1) is 0 Å². The van der Waals surface area contributed by atoms with Crippen LogP contribution in [0.4, 0.5) is 0 Å². The fourth-order valence-corrected chi connectivity index (χ4v) is 0.895. The number of aliphatic carboxylic acids is 2. The average Bonchev–Trinajstić information content (AvgIpc) is 2.73. The second-order valence-corrected chi connectivity index (χ2v) is 3.02. The van der Waals surface area contributed by atoms with Crippen molar-refractivity contribution in [1.29, 1.82) is 0 Å². The molecule has 5 N–H and O–H groups in total. The molecule has 0 spiro atoms. The van der Waals surface area contributed by atoms with Crippen LogP contribution in [0, 0.1) is 0 Å². The van der Waals surface area contributed by atoms with Crippen molar-refractivity contribution in [2.45, 2.75) is 25.0 Å². The lowest BCUT2D eigenvalue weighted by Crippen LogP contribution is -2.39. The first kappa shape index (κ1) is 13.8. The molecule has 7 heteroatoms. The summed E-state index contributed by atoms with van der Waals surface area (Å²) < 4.78 is 0. The van der Waals surface area contributed by atoms with Crippen LogP contribution in [0.2, 0.25) is 0 Å². The molecule has 0 bridgehead atoms. The third kappa shape index (κ3) is 6.00. The molecule has 0 amide bonds. The topological polar surface area (TPSA) is 127 Å². The summed E-state index contributed by atoms with van der Waals surface area (Å²) in [6.45, 7) is 2.50. The van der Waals surface area contributed by atoms with Gasteiger partial charge in [0.25, 0.3) is 0 Å². The Morgan fingerprint density at radius 3 is 1.40 bits per heavy atom. The van der Waals surface area contributed by atoms with E-state index in [1.54, 1.807) is 0 Å². The fourth-order valence-electron chi connectivity index (χ4n) is 0.895. The van der Waals surface area contributed by atoms with Crippen LogP contribution in [-0.4, -0.2) is 57.7 Å². The van der Waals surface area contributed by atoms with Crippen molar-refractivity contribution in [1.82, 2.24) is 5.32 Å².